The van der Waals surface area contributed by atoms with Crippen molar-refractivity contribution in [2.45, 2.75) is 68.6 Å². The maximum atomic E-state index is 14.2. The average Bonchev–Trinajstić information content (AvgIpc) is 3.61. The standard InChI is InChI=1S/C25H34FN3O5S/c1-33-14-12-28(24(30)19-7-2-3-8-19)16-21-15-27-25(29(21)17-22-10-6-13-34-22)35(31,32)18-20-9-4-5-11-23(20)26/h4-5,9,11,15,19,22H,2-3,6-8,10,12-14,16-18H2,1H3/t22-/m0/s1. The van der Waals surface area contributed by atoms with Gasteiger partial charge < -0.3 is 18.9 Å². The highest BCUT2D eigenvalue weighted by Crippen LogP contribution is 2.28. The Hall–Kier alpha value is -2.30. The number of aromatic nitrogens is 2. The zero-order valence-corrected chi connectivity index (χ0v) is 21.0. The molecule has 1 aliphatic heterocycles. The summed E-state index contributed by atoms with van der Waals surface area (Å²) >= 11 is 0. The van der Waals surface area contributed by atoms with Gasteiger partial charge in [-0.1, -0.05) is 31.0 Å². The minimum atomic E-state index is -3.95. The van der Waals surface area contributed by atoms with Gasteiger partial charge >= 0.3 is 0 Å². The van der Waals surface area contributed by atoms with E-state index in [2.05, 4.69) is 4.98 Å². The summed E-state index contributed by atoms with van der Waals surface area (Å²) in [4.78, 5) is 19.3. The predicted molar refractivity (Wildman–Crippen MR) is 128 cm³/mol. The van der Waals surface area contributed by atoms with Gasteiger partial charge in [-0.2, -0.15) is 0 Å². The lowest BCUT2D eigenvalue weighted by molar-refractivity contribution is -0.136. The lowest BCUT2D eigenvalue weighted by atomic mass is 10.1. The van der Waals surface area contributed by atoms with Crippen molar-refractivity contribution in [1.29, 1.82) is 0 Å². The number of halogens is 1. The highest BCUT2D eigenvalue weighted by Gasteiger charge is 2.31. The van der Waals surface area contributed by atoms with E-state index in [9.17, 15) is 17.6 Å². The average molecular weight is 508 g/mol. The number of nitrogens with zero attached hydrogens (tertiary/aromatic N) is 3. The van der Waals surface area contributed by atoms with E-state index >= 15 is 0 Å². The number of benzene rings is 1. The Morgan fingerprint density at radius 2 is 2.00 bits per heavy atom. The van der Waals surface area contributed by atoms with Crippen LogP contribution in [-0.2, 0) is 42.9 Å². The molecule has 1 saturated heterocycles. The fraction of sp³-hybridized carbons (Fsp3) is 0.600. The van der Waals surface area contributed by atoms with E-state index in [1.54, 1.807) is 22.6 Å². The molecule has 0 radical (unpaired) electrons. The van der Waals surface area contributed by atoms with Crippen LogP contribution in [0.25, 0.3) is 0 Å². The van der Waals surface area contributed by atoms with Crippen molar-refractivity contribution < 1.29 is 27.1 Å². The third-order valence-electron chi connectivity index (χ3n) is 6.83. The molecule has 1 atom stereocenters. The highest BCUT2D eigenvalue weighted by molar-refractivity contribution is 7.90. The minimum Gasteiger partial charge on any atom is -0.383 e. The topological polar surface area (TPSA) is 90.7 Å². The van der Waals surface area contributed by atoms with Gasteiger partial charge in [0, 0.05) is 31.7 Å². The normalized spacial score (nSPS) is 18.9. The SMILES string of the molecule is COCCN(Cc1cnc(S(=O)(=O)Cc2ccccc2F)n1C[C@@H]1CCCO1)C(=O)C1CCCC1. The number of amides is 1. The molecule has 2 aromatic rings. The zero-order valence-electron chi connectivity index (χ0n) is 20.2. The van der Waals surface area contributed by atoms with E-state index < -0.39 is 21.4 Å². The minimum absolute atomic E-state index is 0.00866. The van der Waals surface area contributed by atoms with Gasteiger partial charge in [-0.25, -0.2) is 17.8 Å². The first-order valence-electron chi connectivity index (χ1n) is 12.3. The quantitative estimate of drug-likeness (QED) is 0.463. The molecule has 2 heterocycles. The van der Waals surface area contributed by atoms with Crippen LogP contribution in [0.5, 0.6) is 0 Å². The van der Waals surface area contributed by atoms with E-state index in [1.807, 2.05) is 0 Å². The third kappa shape index (κ3) is 6.29. The Kier molecular flexibility index (Phi) is 8.56. The number of rotatable bonds is 11. The molecule has 0 spiro atoms. The third-order valence-corrected chi connectivity index (χ3v) is 8.40. The van der Waals surface area contributed by atoms with Crippen LogP contribution in [0, 0.1) is 11.7 Å². The molecule has 2 fully saturated rings. The van der Waals surface area contributed by atoms with Crippen molar-refractivity contribution in [2.75, 3.05) is 26.9 Å². The van der Waals surface area contributed by atoms with Gasteiger partial charge in [0.15, 0.2) is 0 Å². The number of hydrogen-bond donors (Lipinski definition) is 0. The van der Waals surface area contributed by atoms with Crippen molar-refractivity contribution in [3.05, 3.63) is 47.5 Å². The number of sulfone groups is 1. The number of ether oxygens (including phenoxy) is 2. The number of hydrogen-bond acceptors (Lipinski definition) is 6. The first-order valence-corrected chi connectivity index (χ1v) is 13.9. The van der Waals surface area contributed by atoms with Crippen molar-refractivity contribution in [1.82, 2.24) is 14.5 Å². The van der Waals surface area contributed by atoms with Crippen molar-refractivity contribution >= 4 is 15.7 Å². The van der Waals surface area contributed by atoms with Crippen LogP contribution in [0.15, 0.2) is 35.6 Å². The molecular weight excluding hydrogens is 473 g/mol. The molecule has 0 unspecified atom stereocenters. The molecule has 0 N–H and O–H groups in total. The molecule has 1 aliphatic carbocycles. The smallest absolute Gasteiger partial charge is 0.228 e. The van der Waals surface area contributed by atoms with Gasteiger partial charge in [-0.3, -0.25) is 4.79 Å². The second-order valence-corrected chi connectivity index (χ2v) is 11.2. The summed E-state index contributed by atoms with van der Waals surface area (Å²) < 4.78 is 53.6. The van der Waals surface area contributed by atoms with Crippen LogP contribution in [0.1, 0.15) is 49.8 Å². The summed E-state index contributed by atoms with van der Waals surface area (Å²) in [6.07, 6.45) is 6.95. The molecular formula is C25H34FN3O5S. The highest BCUT2D eigenvalue weighted by atomic mass is 32.2. The summed E-state index contributed by atoms with van der Waals surface area (Å²) in [6.45, 7) is 1.97. The van der Waals surface area contributed by atoms with Gasteiger partial charge in [0.2, 0.25) is 20.9 Å². The Morgan fingerprint density at radius 1 is 1.23 bits per heavy atom. The van der Waals surface area contributed by atoms with Crippen LogP contribution in [-0.4, -0.2) is 61.7 Å². The van der Waals surface area contributed by atoms with Crippen LogP contribution in [0.4, 0.5) is 4.39 Å². The van der Waals surface area contributed by atoms with E-state index in [0.29, 0.717) is 32.0 Å². The van der Waals surface area contributed by atoms with Gasteiger partial charge in [0.1, 0.15) is 5.82 Å². The number of carbonyl (C=O) groups excluding carboxylic acids is 1. The number of carbonyl (C=O) groups is 1. The molecule has 1 saturated carbocycles. The van der Waals surface area contributed by atoms with Crippen molar-refractivity contribution in [3.63, 3.8) is 0 Å². The van der Waals surface area contributed by atoms with Gasteiger partial charge in [0.25, 0.3) is 0 Å². The number of methoxy groups -OCH3 is 1. The first kappa shape index (κ1) is 25.8. The second-order valence-electron chi connectivity index (χ2n) is 9.36. The monoisotopic (exact) mass is 507 g/mol. The fourth-order valence-corrected chi connectivity index (χ4v) is 6.45. The van der Waals surface area contributed by atoms with Gasteiger partial charge in [-0.05, 0) is 31.7 Å². The molecule has 192 valence electrons. The molecule has 2 aliphatic rings. The molecule has 1 aromatic carbocycles. The van der Waals surface area contributed by atoms with Gasteiger partial charge in [-0.15, -0.1) is 0 Å². The summed E-state index contributed by atoms with van der Waals surface area (Å²) in [5.74, 6) is -0.997. The lowest BCUT2D eigenvalue weighted by Crippen LogP contribution is -2.38. The Bertz CT molecular complexity index is 1110. The molecule has 1 amide bonds. The van der Waals surface area contributed by atoms with E-state index in [-0.39, 0.29) is 35.2 Å². The number of imidazole rings is 1. The molecule has 4 rings (SSSR count). The largest absolute Gasteiger partial charge is 0.383 e. The summed E-state index contributed by atoms with van der Waals surface area (Å²) in [5, 5.41) is -0.119. The molecule has 10 heteroatoms. The van der Waals surface area contributed by atoms with Gasteiger partial charge in [0.05, 0.1) is 43.4 Å². The lowest BCUT2D eigenvalue weighted by Gasteiger charge is -2.26. The van der Waals surface area contributed by atoms with E-state index in [4.69, 9.17) is 9.47 Å². The van der Waals surface area contributed by atoms with E-state index in [1.165, 1.54) is 24.4 Å². The van der Waals surface area contributed by atoms with E-state index in [0.717, 1.165) is 38.5 Å². The molecule has 35 heavy (non-hydrogen) atoms. The summed E-state index contributed by atoms with van der Waals surface area (Å²) in [7, 11) is -2.36. The molecule has 0 bridgehead atoms. The first-order chi connectivity index (χ1) is 16.9. The maximum Gasteiger partial charge on any atom is 0.228 e. The molecule has 8 nitrogen and oxygen atoms in total. The fourth-order valence-electron chi connectivity index (χ4n) is 4.93. The Balaban J connectivity index is 1.64. The van der Waals surface area contributed by atoms with Crippen LogP contribution in [0.2, 0.25) is 0 Å². The van der Waals surface area contributed by atoms with Crippen LogP contribution < -0.4 is 0 Å². The molecule has 1 aromatic heterocycles. The van der Waals surface area contributed by atoms with Crippen molar-refractivity contribution in [3.8, 4) is 0 Å². The maximum absolute atomic E-state index is 14.2. The van der Waals surface area contributed by atoms with Crippen LogP contribution >= 0.6 is 0 Å². The summed E-state index contributed by atoms with van der Waals surface area (Å²) in [5.41, 5.74) is 0.717. The second kappa shape index (κ2) is 11.6. The Morgan fingerprint density at radius 3 is 2.69 bits per heavy atom. The summed E-state index contributed by atoms with van der Waals surface area (Å²) in [6, 6.07) is 5.85. The van der Waals surface area contributed by atoms with Crippen molar-refractivity contribution in [2.24, 2.45) is 5.92 Å². The zero-order chi connectivity index (χ0) is 24.8. The Labute approximate surface area is 206 Å². The van der Waals surface area contributed by atoms with Crippen LogP contribution in [0.3, 0.4) is 0 Å². The predicted octanol–water partition coefficient (Wildman–Crippen LogP) is 3.34.